The van der Waals surface area contributed by atoms with E-state index in [4.69, 9.17) is 47.4 Å². The van der Waals surface area contributed by atoms with Crippen LogP contribution in [-0.2, 0) is 71.5 Å². The SMILES string of the molecule is CCCCCCCCCCCCCCC(CCCCCCCCCCCCCC)CO[C@@H]1O[C@H](CO)[C@@H](O[C@@H]2O[C@H](CO)[C@H](O)[C@H](O[C@@H]3O[C@H](COS(=O)(=O)O)[C@@H](O[C@@H]4O[C@H](CO)[C@H](O)[C@H](O[C@@]56C[C@H](O)[C@@H](NC5=O)[C@H]([C@H](O)[C@H](O)CO)O6)[C@H]4O)[C@H](O)[C@H]3NC(C)=O)[C@H]2O)[C@H](O)[C@H]1O. The molecule has 0 aromatic carbocycles. The van der Waals surface area contributed by atoms with Crippen LogP contribution in [0, 0.1) is 5.92 Å². The first-order chi connectivity index (χ1) is 46.9. The zero-order valence-corrected chi connectivity index (χ0v) is 57.9. The fourth-order valence-corrected chi connectivity index (χ4v) is 14.2. The van der Waals surface area contributed by atoms with Crippen molar-refractivity contribution in [1.82, 2.24) is 10.6 Å². The van der Waals surface area contributed by atoms with E-state index in [1.807, 2.05) is 0 Å². The van der Waals surface area contributed by atoms with Gasteiger partial charge in [-0.15, -0.1) is 0 Å². The number of nitrogens with one attached hydrogen (secondary N) is 2. The number of aliphatic hydroxyl groups is 14. The topological polar surface area (TPSA) is 497 Å². The summed E-state index contributed by atoms with van der Waals surface area (Å²) in [5.74, 6) is -4.60. The number of carbonyl (C=O) groups is 2. The summed E-state index contributed by atoms with van der Waals surface area (Å²) in [5, 5.41) is 160. The summed E-state index contributed by atoms with van der Waals surface area (Å²) >= 11 is 0. The summed E-state index contributed by atoms with van der Waals surface area (Å²) in [4.78, 5) is 26.4. The van der Waals surface area contributed by atoms with E-state index in [1.54, 1.807) is 0 Å². The summed E-state index contributed by atoms with van der Waals surface area (Å²) in [6.07, 6.45) is -14.6. The number of fused-ring (bicyclic) bond motifs is 3. The van der Waals surface area contributed by atoms with Crippen LogP contribution in [0.25, 0.3) is 0 Å². The second-order valence-corrected chi connectivity index (χ2v) is 28.5. The van der Waals surface area contributed by atoms with Crippen molar-refractivity contribution >= 4 is 22.2 Å². The van der Waals surface area contributed by atoms with Gasteiger partial charge in [0.05, 0.1) is 51.8 Å². The van der Waals surface area contributed by atoms with E-state index in [-0.39, 0.29) is 12.5 Å². The maximum absolute atomic E-state index is 13.5. The average Bonchev–Trinajstić information content (AvgIpc) is 0.758. The number of ether oxygens (including phenoxy) is 10. The molecule has 574 valence electrons. The van der Waals surface area contributed by atoms with E-state index in [1.165, 1.54) is 116 Å². The molecule has 2 bridgehead atoms. The largest absolute Gasteiger partial charge is 0.397 e. The van der Waals surface area contributed by atoms with E-state index >= 15 is 0 Å². The van der Waals surface area contributed by atoms with Crippen LogP contribution in [0.15, 0.2) is 0 Å². The van der Waals surface area contributed by atoms with Gasteiger partial charge in [-0.3, -0.25) is 14.1 Å². The Hall–Kier alpha value is -2.15. The summed E-state index contributed by atoms with van der Waals surface area (Å²) in [5.41, 5.74) is 0. The predicted octanol–water partition coefficient (Wildman–Crippen LogP) is -0.872. The van der Waals surface area contributed by atoms with Crippen LogP contribution in [0.2, 0.25) is 0 Å². The first kappa shape index (κ1) is 84.8. The molecule has 0 radical (unpaired) electrons. The average molecular weight is 1440 g/mol. The Balaban J connectivity index is 1.13. The van der Waals surface area contributed by atoms with Crippen molar-refractivity contribution in [1.29, 1.82) is 0 Å². The van der Waals surface area contributed by atoms with Crippen LogP contribution in [0.1, 0.15) is 194 Å². The first-order valence-corrected chi connectivity index (χ1v) is 37.2. The number of amides is 2. The predicted molar refractivity (Wildman–Crippen MR) is 343 cm³/mol. The van der Waals surface area contributed by atoms with Gasteiger partial charge in [-0.1, -0.05) is 168 Å². The Labute approximate surface area is 575 Å². The number of carbonyl (C=O) groups excluding carboxylic acids is 2. The molecular weight excluding hydrogens is 1320 g/mol. The lowest BCUT2D eigenvalue weighted by molar-refractivity contribution is -0.392. The molecule has 0 unspecified atom stereocenters. The molecule has 7 aliphatic heterocycles. The van der Waals surface area contributed by atoms with Gasteiger partial charge in [0.2, 0.25) is 5.91 Å². The van der Waals surface area contributed by atoms with Crippen molar-refractivity contribution < 1.29 is 146 Å². The lowest BCUT2D eigenvalue weighted by Gasteiger charge is -2.55. The van der Waals surface area contributed by atoms with Crippen molar-refractivity contribution in [3.63, 3.8) is 0 Å². The van der Waals surface area contributed by atoms with Crippen LogP contribution in [0.4, 0.5) is 0 Å². The van der Waals surface area contributed by atoms with Crippen LogP contribution >= 0.6 is 0 Å². The van der Waals surface area contributed by atoms with Crippen molar-refractivity contribution in [2.75, 3.05) is 39.6 Å². The number of rotatable bonds is 47. The molecule has 0 aliphatic carbocycles. The number of morpholine rings is 1. The molecule has 26 atom stereocenters. The summed E-state index contributed by atoms with van der Waals surface area (Å²) < 4.78 is 98.1. The van der Waals surface area contributed by atoms with Gasteiger partial charge in [0, 0.05) is 13.3 Å². The quantitative estimate of drug-likeness (QED) is 0.0260. The third-order valence-electron chi connectivity index (χ3n) is 19.7. The highest BCUT2D eigenvalue weighted by Crippen LogP contribution is 2.42. The third kappa shape index (κ3) is 24.5. The zero-order valence-electron chi connectivity index (χ0n) is 57.1. The normalized spacial score (nSPS) is 36.7. The van der Waals surface area contributed by atoms with Gasteiger partial charge in [0.1, 0.15) is 116 Å². The standard InChI is InChI=1S/C65H118N2O30S/c1-4-6-8-10-12-14-16-18-20-22-24-26-28-38(29-27-25-23-21-19-17-15-13-11-9-7-5-2)35-87-61-52(80)51(79)55(43(34-71)91-61)93-62-53(81)58(48(76)41(32-69)89-62)95-60-46(66-37(3)72)50(78)56(44(92-60)36-88-98(84,85)86)94-63-54(82)59(49(77)42(33-70)90-63)97-65-30-39(73)45(67-64(65)83)57(96-65)47(75)40(74)31-68/h38-63,68-71,73-82H,4-36H2,1-3H3,(H,66,72)(H,67,83)(H,84,85,86)/t39-,40+,41+,42+,43+,44+,45+,46+,47+,48-,49-,50+,51+,52+,53+,54+,55+,56+,57+,58-,59-,60-,61+,62-,63-,65-/m0/s1. The summed E-state index contributed by atoms with van der Waals surface area (Å²) in [6.45, 7) is 0.388. The minimum Gasteiger partial charge on any atom is -0.394 e. The fraction of sp³-hybridized carbons (Fsp3) is 0.969. The number of aliphatic hydroxyl groups excluding tert-OH is 14. The fourth-order valence-electron chi connectivity index (χ4n) is 13.9. The van der Waals surface area contributed by atoms with Gasteiger partial charge >= 0.3 is 10.4 Å². The van der Waals surface area contributed by atoms with Gasteiger partial charge in [-0.05, 0) is 18.8 Å². The second kappa shape index (κ2) is 42.7. The van der Waals surface area contributed by atoms with Crippen molar-refractivity contribution in [3.05, 3.63) is 0 Å². The molecule has 7 aliphatic rings. The molecule has 7 saturated heterocycles. The molecule has 7 fully saturated rings. The minimum atomic E-state index is -5.39. The van der Waals surface area contributed by atoms with Crippen LogP contribution in [0.5, 0.6) is 0 Å². The first-order valence-electron chi connectivity index (χ1n) is 35.9. The van der Waals surface area contributed by atoms with Crippen molar-refractivity contribution in [2.24, 2.45) is 5.92 Å². The van der Waals surface area contributed by atoms with Crippen LogP contribution < -0.4 is 10.6 Å². The molecule has 0 aromatic heterocycles. The molecule has 0 saturated carbocycles. The molecule has 33 heteroatoms. The molecular formula is C65H118N2O30S. The van der Waals surface area contributed by atoms with E-state index in [2.05, 4.69) is 28.7 Å². The Kier molecular flexibility index (Phi) is 37.0. The Morgan fingerprint density at radius 3 is 1.47 bits per heavy atom. The Morgan fingerprint density at radius 2 is 1.00 bits per heavy atom. The minimum absolute atomic E-state index is 0.0973. The van der Waals surface area contributed by atoms with E-state index < -0.39 is 221 Å². The maximum atomic E-state index is 13.5. The Morgan fingerprint density at radius 1 is 0.561 bits per heavy atom. The maximum Gasteiger partial charge on any atom is 0.397 e. The lowest BCUT2D eigenvalue weighted by Crippen LogP contribution is -2.77. The van der Waals surface area contributed by atoms with Gasteiger partial charge < -0.3 is 129 Å². The number of unbranched alkanes of at least 4 members (excludes halogenated alkanes) is 22. The van der Waals surface area contributed by atoms with Crippen molar-refractivity contribution in [2.45, 2.75) is 353 Å². The second-order valence-electron chi connectivity index (χ2n) is 27.4. The van der Waals surface area contributed by atoms with Gasteiger partial charge in [-0.2, -0.15) is 8.42 Å². The summed E-state index contributed by atoms with van der Waals surface area (Å²) in [7, 11) is -5.39. The van der Waals surface area contributed by atoms with Crippen molar-refractivity contribution in [3.8, 4) is 0 Å². The molecule has 98 heavy (non-hydrogen) atoms. The lowest BCUT2D eigenvalue weighted by atomic mass is 9.84. The Bertz CT molecular complexity index is 2330. The molecule has 7 heterocycles. The highest BCUT2D eigenvalue weighted by Gasteiger charge is 2.64. The van der Waals surface area contributed by atoms with Crippen LogP contribution in [-0.4, -0.2) is 295 Å². The summed E-state index contributed by atoms with van der Waals surface area (Å²) in [6, 6.07) is -3.28. The molecule has 32 nitrogen and oxygen atoms in total. The highest BCUT2D eigenvalue weighted by molar-refractivity contribution is 7.80. The highest BCUT2D eigenvalue weighted by atomic mass is 32.3. The molecule has 7 rings (SSSR count). The smallest absolute Gasteiger partial charge is 0.394 e. The zero-order chi connectivity index (χ0) is 71.7. The van der Waals surface area contributed by atoms with Crippen LogP contribution in [0.3, 0.4) is 0 Å². The van der Waals surface area contributed by atoms with Gasteiger partial charge in [0.25, 0.3) is 11.7 Å². The number of piperidine rings is 1. The van der Waals surface area contributed by atoms with Gasteiger partial charge in [-0.25, -0.2) is 4.18 Å². The molecule has 0 aromatic rings. The monoisotopic (exact) mass is 1440 g/mol. The van der Waals surface area contributed by atoms with E-state index in [0.717, 1.165) is 58.3 Å². The molecule has 0 spiro atoms. The van der Waals surface area contributed by atoms with E-state index in [9.17, 15) is 94.1 Å². The number of hydrogen-bond acceptors (Lipinski definition) is 29. The molecule has 2 amide bonds. The third-order valence-corrected chi connectivity index (χ3v) is 20.1. The van der Waals surface area contributed by atoms with E-state index in [0.29, 0.717) is 0 Å². The number of hydrogen-bond donors (Lipinski definition) is 17. The molecule has 17 N–H and O–H groups in total. The van der Waals surface area contributed by atoms with Gasteiger partial charge in [0.15, 0.2) is 25.2 Å².